The van der Waals surface area contributed by atoms with Gasteiger partial charge in [0.25, 0.3) is 0 Å². The van der Waals surface area contributed by atoms with E-state index in [2.05, 4.69) is 26.6 Å². The lowest BCUT2D eigenvalue weighted by Gasteiger charge is -2.28. The van der Waals surface area contributed by atoms with Crippen LogP contribution in [-0.2, 0) is 19.8 Å². The number of likely N-dealkylation sites (N-methyl/N-ethyl adjacent to an activating group) is 1. The summed E-state index contributed by atoms with van der Waals surface area (Å²) in [6, 6.07) is 3.31. The van der Waals surface area contributed by atoms with E-state index in [9.17, 15) is 14.4 Å². The third-order valence-corrected chi connectivity index (χ3v) is 5.82. The van der Waals surface area contributed by atoms with E-state index < -0.39 is 36.3 Å². The number of carbonyl (C=O) groups excluding carboxylic acids is 3. The highest BCUT2D eigenvalue weighted by atomic mass is 79.9. The average Bonchev–Trinajstić information content (AvgIpc) is 3.13. The van der Waals surface area contributed by atoms with Gasteiger partial charge in [-0.1, -0.05) is 29.8 Å². The number of amides is 3. The predicted molar refractivity (Wildman–Crippen MR) is 106 cm³/mol. The zero-order chi connectivity index (χ0) is 22.4. The molecule has 2 aliphatic rings. The summed E-state index contributed by atoms with van der Waals surface area (Å²) < 4.78 is 23.3. The molecule has 3 amide bonds. The number of hydrogen-bond acceptors (Lipinski definition) is 4. The minimum Gasteiger partial charge on any atom is -0.368 e. The van der Waals surface area contributed by atoms with Gasteiger partial charge in [0.2, 0.25) is 17.7 Å². The maximum atomic E-state index is 13.4. The first-order valence-corrected chi connectivity index (χ1v) is 9.62. The zero-order valence-electron chi connectivity index (χ0n) is 18.2. The molecule has 1 spiro atoms. The molecular weight excluding hydrogens is 412 g/mol. The number of halogens is 1. The number of nitrogens with two attached hydrogens (primary N) is 1. The summed E-state index contributed by atoms with van der Waals surface area (Å²) >= 11 is 3.40. The zero-order valence-corrected chi connectivity index (χ0v) is 16.8. The van der Waals surface area contributed by atoms with Gasteiger partial charge in [-0.3, -0.25) is 14.4 Å². The van der Waals surface area contributed by atoms with Gasteiger partial charge in [0.15, 0.2) is 0 Å². The summed E-state index contributed by atoms with van der Waals surface area (Å²) in [4.78, 5) is 39.8. The van der Waals surface area contributed by atoms with Gasteiger partial charge in [-0.05, 0) is 49.5 Å². The van der Waals surface area contributed by atoms with Crippen molar-refractivity contribution in [2.24, 2.45) is 11.7 Å². The van der Waals surface area contributed by atoms with Gasteiger partial charge in [0, 0.05) is 20.8 Å². The number of rotatable bonds is 5. The Morgan fingerprint density at radius 1 is 1.52 bits per heavy atom. The molecule has 0 saturated carbocycles. The first-order valence-electron chi connectivity index (χ1n) is 10.3. The van der Waals surface area contributed by atoms with Crippen LogP contribution in [-0.4, -0.2) is 48.2 Å². The highest BCUT2D eigenvalue weighted by Gasteiger charge is 2.57. The standard InChI is InChI=1S/C19H25BrN4O3/c1-10(2)6-14(22-3)17(26)24-9-19(8-15(24)16(21)25)12-7-11(20)4-5-13(12)23-18(19)27/h4-5,7,10,14-15,22H,6,8-9H2,1-3H3,(H2,21,25)(H,23,27)/t14-,15-,19-/m0/s1/i3D3. The lowest BCUT2D eigenvalue weighted by Crippen LogP contribution is -2.51. The third kappa shape index (κ3) is 3.36. The van der Waals surface area contributed by atoms with Gasteiger partial charge in [-0.15, -0.1) is 0 Å². The van der Waals surface area contributed by atoms with Gasteiger partial charge in [0.1, 0.15) is 6.04 Å². The van der Waals surface area contributed by atoms with Crippen LogP contribution in [0.15, 0.2) is 22.7 Å². The van der Waals surface area contributed by atoms with E-state index >= 15 is 0 Å². The van der Waals surface area contributed by atoms with Gasteiger partial charge < -0.3 is 21.3 Å². The van der Waals surface area contributed by atoms with Crippen molar-refractivity contribution < 1.29 is 18.5 Å². The number of nitrogens with zero attached hydrogens (tertiary/aromatic N) is 1. The monoisotopic (exact) mass is 439 g/mol. The number of hydrogen-bond donors (Lipinski definition) is 3. The van der Waals surface area contributed by atoms with E-state index in [0.717, 1.165) is 4.47 Å². The fraction of sp³-hybridized carbons (Fsp3) is 0.526. The molecule has 0 aromatic heterocycles. The Morgan fingerprint density at radius 2 is 2.26 bits per heavy atom. The van der Waals surface area contributed by atoms with E-state index in [0.29, 0.717) is 11.3 Å². The van der Waals surface area contributed by atoms with Crippen molar-refractivity contribution in [1.82, 2.24) is 10.2 Å². The number of likely N-dealkylation sites (tertiary alicyclic amines) is 1. The molecule has 0 bridgehead atoms. The summed E-state index contributed by atoms with van der Waals surface area (Å²) in [5.74, 6) is -1.55. The molecule has 7 nitrogen and oxygen atoms in total. The van der Waals surface area contributed by atoms with Crippen molar-refractivity contribution >= 4 is 39.3 Å². The highest BCUT2D eigenvalue weighted by molar-refractivity contribution is 9.10. The predicted octanol–water partition coefficient (Wildman–Crippen LogP) is 1.36. The Kier molecular flexibility index (Phi) is 4.31. The summed E-state index contributed by atoms with van der Waals surface area (Å²) in [5.41, 5.74) is 5.79. The van der Waals surface area contributed by atoms with Gasteiger partial charge >= 0.3 is 0 Å². The molecule has 0 unspecified atom stereocenters. The van der Waals surface area contributed by atoms with Crippen molar-refractivity contribution in [3.05, 3.63) is 28.2 Å². The maximum absolute atomic E-state index is 13.4. The number of fused-ring (bicyclic) bond motifs is 2. The lowest BCUT2D eigenvalue weighted by molar-refractivity contribution is -0.139. The van der Waals surface area contributed by atoms with Gasteiger partial charge in [-0.2, -0.15) is 0 Å². The fourth-order valence-corrected chi connectivity index (χ4v) is 4.39. The second kappa shape index (κ2) is 7.24. The minimum atomic E-state index is -2.53. The molecule has 2 heterocycles. The Hall–Kier alpha value is -1.93. The highest BCUT2D eigenvalue weighted by Crippen LogP contribution is 2.47. The van der Waals surface area contributed by atoms with Crippen molar-refractivity contribution in [3.63, 3.8) is 0 Å². The van der Waals surface area contributed by atoms with E-state index in [1.807, 2.05) is 13.8 Å². The topological polar surface area (TPSA) is 105 Å². The van der Waals surface area contributed by atoms with Crippen LogP contribution in [0.1, 0.15) is 36.4 Å². The number of nitrogens with one attached hydrogen (secondary N) is 2. The number of carbonyl (C=O) groups is 3. The first kappa shape index (κ1) is 16.1. The molecule has 1 aromatic rings. The summed E-state index contributed by atoms with van der Waals surface area (Å²) in [6.45, 7) is 1.16. The molecule has 0 aliphatic carbocycles. The van der Waals surface area contributed by atoms with Gasteiger partial charge in [-0.25, -0.2) is 0 Å². The fourth-order valence-electron chi connectivity index (χ4n) is 4.03. The molecule has 27 heavy (non-hydrogen) atoms. The molecule has 2 aliphatic heterocycles. The summed E-state index contributed by atoms with van der Waals surface area (Å²) in [5, 5.41) is 5.21. The minimum absolute atomic E-state index is 0.0313. The Balaban J connectivity index is 1.99. The first-order chi connectivity index (χ1) is 13.8. The largest absolute Gasteiger partial charge is 0.368 e. The van der Waals surface area contributed by atoms with E-state index in [1.54, 1.807) is 18.2 Å². The summed E-state index contributed by atoms with van der Waals surface area (Å²) in [7, 11) is 0. The van der Waals surface area contributed by atoms with Crippen LogP contribution in [0.3, 0.4) is 0 Å². The molecule has 1 saturated heterocycles. The van der Waals surface area contributed by atoms with Crippen LogP contribution in [0, 0.1) is 5.92 Å². The van der Waals surface area contributed by atoms with E-state index in [-0.39, 0.29) is 31.2 Å². The van der Waals surface area contributed by atoms with Crippen LogP contribution < -0.4 is 16.4 Å². The van der Waals surface area contributed by atoms with Gasteiger partial charge in [0.05, 0.1) is 11.5 Å². The van der Waals surface area contributed by atoms with Crippen molar-refractivity contribution in [2.45, 2.75) is 44.2 Å². The molecule has 146 valence electrons. The van der Waals surface area contributed by atoms with Crippen molar-refractivity contribution in [2.75, 3.05) is 18.8 Å². The Labute approximate surface area is 171 Å². The van der Waals surface area contributed by atoms with Crippen molar-refractivity contribution in [3.8, 4) is 0 Å². The molecule has 1 fully saturated rings. The van der Waals surface area contributed by atoms with E-state index in [1.165, 1.54) is 4.90 Å². The molecule has 8 heteroatoms. The lowest BCUT2D eigenvalue weighted by atomic mass is 9.79. The smallest absolute Gasteiger partial charge is 0.240 e. The average molecular weight is 440 g/mol. The number of anilines is 1. The third-order valence-electron chi connectivity index (χ3n) is 5.33. The molecule has 1 aromatic carbocycles. The normalized spacial score (nSPS) is 27.1. The molecular formula is C19H25BrN4O3. The molecule has 3 rings (SSSR count). The quantitative estimate of drug-likeness (QED) is 0.643. The van der Waals surface area contributed by atoms with Crippen LogP contribution in [0.5, 0.6) is 0 Å². The Morgan fingerprint density at radius 3 is 2.89 bits per heavy atom. The van der Waals surface area contributed by atoms with Crippen LogP contribution >= 0.6 is 15.9 Å². The second-order valence-corrected chi connectivity index (χ2v) is 8.56. The summed E-state index contributed by atoms with van der Waals surface area (Å²) in [6.07, 6.45) is 0.312. The maximum Gasteiger partial charge on any atom is 0.240 e. The van der Waals surface area contributed by atoms with Crippen LogP contribution in [0.25, 0.3) is 0 Å². The number of benzene rings is 1. The van der Waals surface area contributed by atoms with Crippen LogP contribution in [0.4, 0.5) is 5.69 Å². The molecule has 0 radical (unpaired) electrons. The molecule has 3 atom stereocenters. The second-order valence-electron chi connectivity index (χ2n) is 7.64. The Bertz CT molecular complexity index is 892. The SMILES string of the molecule is [2H]C([2H])([2H])N[C@@H](CC(C)C)C(=O)N1C[C@]2(C[C@H]1C(N)=O)C(=O)Nc1ccc(Br)cc12. The van der Waals surface area contributed by atoms with E-state index in [4.69, 9.17) is 9.85 Å². The van der Waals surface area contributed by atoms with Crippen LogP contribution in [0.2, 0.25) is 0 Å². The molecule has 4 N–H and O–H groups in total. The van der Waals surface area contributed by atoms with Crippen molar-refractivity contribution in [1.29, 1.82) is 0 Å². The number of primary amides is 1.